The molecule has 1 N–H and O–H groups in total. The summed E-state index contributed by atoms with van der Waals surface area (Å²) in [7, 11) is 1.56. The molecule has 0 spiro atoms. The number of likely N-dealkylation sites (tertiary alicyclic amines) is 1. The van der Waals surface area contributed by atoms with Crippen molar-refractivity contribution < 1.29 is 23.6 Å². The van der Waals surface area contributed by atoms with Gasteiger partial charge in [-0.2, -0.15) is 0 Å². The third-order valence-corrected chi connectivity index (χ3v) is 4.52. The van der Waals surface area contributed by atoms with E-state index in [-0.39, 0.29) is 24.3 Å². The number of aromatic nitrogens is 1. The summed E-state index contributed by atoms with van der Waals surface area (Å²) in [6.07, 6.45) is 1.20. The Bertz CT molecular complexity index is 796. The molecule has 0 radical (unpaired) electrons. The molecule has 3 rings (SSSR count). The van der Waals surface area contributed by atoms with Gasteiger partial charge in [-0.05, 0) is 31.9 Å². The molecule has 2 amide bonds. The summed E-state index contributed by atoms with van der Waals surface area (Å²) >= 11 is 0. The second-order valence-electron chi connectivity index (χ2n) is 6.41. The number of methoxy groups -OCH3 is 1. The summed E-state index contributed by atoms with van der Waals surface area (Å²) in [6.45, 7) is 2.74. The number of hydrogen-bond acceptors (Lipinski definition) is 6. The maximum atomic E-state index is 12.4. The molecular formula is C19H23N3O5. The van der Waals surface area contributed by atoms with Gasteiger partial charge in [0, 0.05) is 25.1 Å². The van der Waals surface area contributed by atoms with Crippen LogP contribution in [0.25, 0.3) is 0 Å². The van der Waals surface area contributed by atoms with Gasteiger partial charge in [-0.1, -0.05) is 17.3 Å². The first-order chi connectivity index (χ1) is 13.1. The molecule has 144 valence electrons. The number of anilines is 1. The topological polar surface area (TPSA) is 93.9 Å². The van der Waals surface area contributed by atoms with E-state index >= 15 is 0 Å². The average Bonchev–Trinajstić information content (AvgIpc) is 3.11. The highest BCUT2D eigenvalue weighted by molar-refractivity contribution is 5.91. The van der Waals surface area contributed by atoms with Gasteiger partial charge in [-0.3, -0.25) is 9.59 Å². The summed E-state index contributed by atoms with van der Waals surface area (Å²) in [6, 6.07) is 8.87. The lowest BCUT2D eigenvalue weighted by atomic mass is 9.96. The predicted molar refractivity (Wildman–Crippen MR) is 97.7 cm³/mol. The van der Waals surface area contributed by atoms with Gasteiger partial charge in [0.15, 0.2) is 23.9 Å². The summed E-state index contributed by atoms with van der Waals surface area (Å²) in [5.74, 6) is 1.82. The van der Waals surface area contributed by atoms with Crippen molar-refractivity contribution in [3.05, 3.63) is 36.1 Å². The Morgan fingerprint density at radius 2 is 1.96 bits per heavy atom. The Morgan fingerprint density at radius 1 is 1.26 bits per heavy atom. The van der Waals surface area contributed by atoms with Crippen molar-refractivity contribution in [3.8, 4) is 11.5 Å². The van der Waals surface area contributed by atoms with Crippen LogP contribution in [-0.2, 0) is 9.59 Å². The summed E-state index contributed by atoms with van der Waals surface area (Å²) in [5, 5.41) is 6.51. The van der Waals surface area contributed by atoms with Gasteiger partial charge in [0.1, 0.15) is 5.76 Å². The molecule has 1 saturated heterocycles. The lowest BCUT2D eigenvalue weighted by Gasteiger charge is -2.31. The molecule has 1 aliphatic heterocycles. The SMILES string of the molecule is COc1ccccc1OCC(=O)N1CCC(C(=O)Nc2cc(C)on2)CC1. The Kier molecular flexibility index (Phi) is 5.95. The molecule has 8 nitrogen and oxygen atoms in total. The minimum Gasteiger partial charge on any atom is -0.493 e. The minimum atomic E-state index is -0.152. The van der Waals surface area contributed by atoms with E-state index in [1.165, 1.54) is 0 Å². The second kappa shape index (κ2) is 8.57. The van der Waals surface area contributed by atoms with Gasteiger partial charge in [0.25, 0.3) is 5.91 Å². The number of piperidine rings is 1. The second-order valence-corrected chi connectivity index (χ2v) is 6.41. The normalized spacial score (nSPS) is 14.7. The van der Waals surface area contributed by atoms with E-state index in [4.69, 9.17) is 14.0 Å². The van der Waals surface area contributed by atoms with Gasteiger partial charge in [0.2, 0.25) is 5.91 Å². The van der Waals surface area contributed by atoms with Crippen molar-refractivity contribution in [1.82, 2.24) is 10.1 Å². The van der Waals surface area contributed by atoms with Crippen LogP contribution in [0.15, 0.2) is 34.9 Å². The number of amides is 2. The fourth-order valence-electron chi connectivity index (χ4n) is 3.01. The van der Waals surface area contributed by atoms with Crippen LogP contribution in [0.1, 0.15) is 18.6 Å². The molecule has 1 aromatic carbocycles. The number of para-hydroxylation sites is 2. The molecule has 0 saturated carbocycles. The first-order valence-corrected chi connectivity index (χ1v) is 8.84. The molecule has 0 aliphatic carbocycles. The van der Waals surface area contributed by atoms with E-state index in [9.17, 15) is 9.59 Å². The molecule has 1 aromatic heterocycles. The molecule has 0 unspecified atom stereocenters. The van der Waals surface area contributed by atoms with Gasteiger partial charge < -0.3 is 24.2 Å². The first kappa shape index (κ1) is 18.8. The third kappa shape index (κ3) is 4.78. The van der Waals surface area contributed by atoms with E-state index in [0.717, 1.165) is 0 Å². The van der Waals surface area contributed by atoms with Crippen LogP contribution in [-0.4, -0.2) is 48.7 Å². The zero-order valence-corrected chi connectivity index (χ0v) is 15.4. The third-order valence-electron chi connectivity index (χ3n) is 4.52. The number of hydrogen-bond donors (Lipinski definition) is 1. The summed E-state index contributed by atoms with van der Waals surface area (Å²) in [5.41, 5.74) is 0. The lowest BCUT2D eigenvalue weighted by molar-refractivity contribution is -0.136. The monoisotopic (exact) mass is 373 g/mol. The number of aryl methyl sites for hydroxylation is 1. The van der Waals surface area contributed by atoms with E-state index in [0.29, 0.717) is 49.0 Å². The smallest absolute Gasteiger partial charge is 0.260 e. The first-order valence-electron chi connectivity index (χ1n) is 8.84. The average molecular weight is 373 g/mol. The summed E-state index contributed by atoms with van der Waals surface area (Å²) < 4.78 is 15.7. The lowest BCUT2D eigenvalue weighted by Crippen LogP contribution is -2.43. The maximum Gasteiger partial charge on any atom is 0.260 e. The highest BCUT2D eigenvalue weighted by Crippen LogP contribution is 2.26. The van der Waals surface area contributed by atoms with Crippen LogP contribution in [0.4, 0.5) is 5.82 Å². The van der Waals surface area contributed by atoms with E-state index in [1.54, 1.807) is 37.1 Å². The van der Waals surface area contributed by atoms with E-state index < -0.39 is 0 Å². The number of ether oxygens (including phenoxy) is 2. The zero-order valence-electron chi connectivity index (χ0n) is 15.4. The van der Waals surface area contributed by atoms with Crippen LogP contribution in [0.2, 0.25) is 0 Å². The molecule has 8 heteroatoms. The highest BCUT2D eigenvalue weighted by atomic mass is 16.5. The Balaban J connectivity index is 1.45. The fourth-order valence-corrected chi connectivity index (χ4v) is 3.01. The van der Waals surface area contributed by atoms with Crippen LogP contribution >= 0.6 is 0 Å². The Morgan fingerprint density at radius 3 is 2.59 bits per heavy atom. The van der Waals surface area contributed by atoms with Crippen molar-refractivity contribution in [2.75, 3.05) is 32.1 Å². The van der Waals surface area contributed by atoms with Crippen LogP contribution < -0.4 is 14.8 Å². The summed E-state index contributed by atoms with van der Waals surface area (Å²) in [4.78, 5) is 26.4. The number of rotatable bonds is 6. The predicted octanol–water partition coefficient (Wildman–Crippen LogP) is 2.25. The van der Waals surface area contributed by atoms with Crippen molar-refractivity contribution in [2.45, 2.75) is 19.8 Å². The van der Waals surface area contributed by atoms with Crippen molar-refractivity contribution in [3.63, 3.8) is 0 Å². The zero-order chi connectivity index (χ0) is 19.2. The molecule has 0 atom stereocenters. The highest BCUT2D eigenvalue weighted by Gasteiger charge is 2.28. The fraction of sp³-hybridized carbons (Fsp3) is 0.421. The molecular weight excluding hydrogens is 350 g/mol. The maximum absolute atomic E-state index is 12.4. The number of carbonyl (C=O) groups excluding carboxylic acids is 2. The number of nitrogens with one attached hydrogen (secondary N) is 1. The van der Waals surface area contributed by atoms with Crippen molar-refractivity contribution >= 4 is 17.6 Å². The van der Waals surface area contributed by atoms with Crippen molar-refractivity contribution in [2.24, 2.45) is 5.92 Å². The largest absolute Gasteiger partial charge is 0.493 e. The molecule has 2 heterocycles. The quantitative estimate of drug-likeness (QED) is 0.835. The van der Waals surface area contributed by atoms with Crippen LogP contribution in [0, 0.1) is 12.8 Å². The van der Waals surface area contributed by atoms with Crippen LogP contribution in [0.3, 0.4) is 0 Å². The molecule has 0 bridgehead atoms. The molecule has 2 aromatic rings. The molecule has 1 fully saturated rings. The minimum absolute atomic E-state index is 0.0601. The number of carbonyl (C=O) groups is 2. The Hall–Kier alpha value is -3.03. The van der Waals surface area contributed by atoms with Gasteiger partial charge >= 0.3 is 0 Å². The van der Waals surface area contributed by atoms with E-state index in [1.807, 2.05) is 12.1 Å². The van der Waals surface area contributed by atoms with Crippen LogP contribution in [0.5, 0.6) is 11.5 Å². The van der Waals surface area contributed by atoms with Gasteiger partial charge in [-0.25, -0.2) is 0 Å². The molecule has 27 heavy (non-hydrogen) atoms. The van der Waals surface area contributed by atoms with Crippen molar-refractivity contribution in [1.29, 1.82) is 0 Å². The number of nitrogens with zero attached hydrogens (tertiary/aromatic N) is 2. The number of benzene rings is 1. The van der Waals surface area contributed by atoms with E-state index in [2.05, 4.69) is 10.5 Å². The Labute approximate surface area is 157 Å². The van der Waals surface area contributed by atoms with Gasteiger partial charge in [-0.15, -0.1) is 0 Å². The molecule has 1 aliphatic rings. The standard InChI is InChI=1S/C19H23N3O5/c1-13-11-17(21-27-13)20-19(24)14-7-9-22(10-8-14)18(23)12-26-16-6-4-3-5-15(16)25-2/h3-6,11,14H,7-10,12H2,1-2H3,(H,20,21,24). The van der Waals surface area contributed by atoms with Gasteiger partial charge in [0.05, 0.1) is 7.11 Å².